The Kier molecular flexibility index (Phi) is 2.49. The number of piperidine rings is 2. The average molecular weight is 217 g/mol. The summed E-state index contributed by atoms with van der Waals surface area (Å²) in [6, 6.07) is 11.2. The molecular formula is C14H19NO. The number of nitrogens with one attached hydrogen (secondary N) is 1. The molecule has 2 saturated heterocycles. The fraction of sp³-hybridized carbons (Fsp3) is 0.571. The highest BCUT2D eigenvalue weighted by atomic mass is 16.3. The maximum absolute atomic E-state index is 10.8. The molecule has 2 bridgehead atoms. The summed E-state index contributed by atoms with van der Waals surface area (Å²) >= 11 is 0. The normalized spacial score (nSPS) is 38.3. The molecule has 2 aliphatic heterocycles. The summed E-state index contributed by atoms with van der Waals surface area (Å²) in [5.74, 6) is 0. The first-order chi connectivity index (χ1) is 7.76. The molecule has 2 N–H and O–H groups in total. The maximum Gasteiger partial charge on any atom is 0.0926 e. The molecule has 2 heterocycles. The molecule has 2 fully saturated rings. The molecule has 0 aromatic heterocycles. The van der Waals surface area contributed by atoms with Crippen LogP contribution in [0.3, 0.4) is 0 Å². The molecular weight excluding hydrogens is 198 g/mol. The van der Waals surface area contributed by atoms with Gasteiger partial charge in [0.25, 0.3) is 0 Å². The van der Waals surface area contributed by atoms with Gasteiger partial charge in [0.1, 0.15) is 0 Å². The third-order valence-corrected chi connectivity index (χ3v) is 4.06. The maximum atomic E-state index is 10.8. The van der Waals surface area contributed by atoms with Gasteiger partial charge in [-0.25, -0.2) is 0 Å². The lowest BCUT2D eigenvalue weighted by Crippen LogP contribution is -2.54. The molecule has 0 radical (unpaired) electrons. The van der Waals surface area contributed by atoms with Crippen LogP contribution in [0.2, 0.25) is 0 Å². The van der Waals surface area contributed by atoms with Gasteiger partial charge in [-0.15, -0.1) is 0 Å². The molecule has 0 saturated carbocycles. The monoisotopic (exact) mass is 217 g/mol. The van der Waals surface area contributed by atoms with E-state index in [0.29, 0.717) is 12.1 Å². The summed E-state index contributed by atoms with van der Waals surface area (Å²) in [5.41, 5.74) is 0.496. The lowest BCUT2D eigenvalue weighted by Gasteiger charge is -2.45. The predicted molar refractivity (Wildman–Crippen MR) is 64.1 cm³/mol. The summed E-state index contributed by atoms with van der Waals surface area (Å²) in [6.07, 6.45) is 5.48. The molecule has 0 aliphatic carbocycles. The minimum Gasteiger partial charge on any atom is -0.385 e. The van der Waals surface area contributed by atoms with Gasteiger partial charge in [0.05, 0.1) is 5.60 Å². The molecule has 1 aromatic rings. The van der Waals surface area contributed by atoms with Crippen molar-refractivity contribution in [2.24, 2.45) is 0 Å². The van der Waals surface area contributed by atoms with E-state index >= 15 is 0 Å². The number of hydrogen-bond acceptors (Lipinski definition) is 2. The van der Waals surface area contributed by atoms with Crippen molar-refractivity contribution in [2.45, 2.75) is 49.8 Å². The molecule has 0 spiro atoms. The van der Waals surface area contributed by atoms with Crippen LogP contribution in [0.25, 0.3) is 0 Å². The van der Waals surface area contributed by atoms with Gasteiger partial charge >= 0.3 is 0 Å². The molecule has 16 heavy (non-hydrogen) atoms. The second-order valence-corrected chi connectivity index (χ2v) is 5.30. The van der Waals surface area contributed by atoms with Crippen molar-refractivity contribution in [3.63, 3.8) is 0 Å². The van der Waals surface area contributed by atoms with Crippen LogP contribution in [-0.4, -0.2) is 17.2 Å². The predicted octanol–water partition coefficient (Wildman–Crippen LogP) is 2.18. The van der Waals surface area contributed by atoms with Crippen molar-refractivity contribution < 1.29 is 5.11 Å². The Balaban J connectivity index is 1.88. The molecule has 2 aliphatic rings. The van der Waals surface area contributed by atoms with Crippen molar-refractivity contribution in [1.29, 1.82) is 0 Å². The fourth-order valence-corrected chi connectivity index (χ4v) is 3.32. The minimum absolute atomic E-state index is 0.512. The summed E-state index contributed by atoms with van der Waals surface area (Å²) in [4.78, 5) is 0. The highest BCUT2D eigenvalue weighted by Crippen LogP contribution is 2.39. The highest BCUT2D eigenvalue weighted by Gasteiger charge is 2.41. The van der Waals surface area contributed by atoms with Gasteiger partial charge in [-0.1, -0.05) is 36.8 Å². The number of benzene rings is 1. The molecule has 1 aromatic carbocycles. The quantitative estimate of drug-likeness (QED) is 0.755. The van der Waals surface area contributed by atoms with E-state index in [-0.39, 0.29) is 0 Å². The Morgan fingerprint density at radius 2 is 1.69 bits per heavy atom. The first kappa shape index (κ1) is 10.3. The fourth-order valence-electron chi connectivity index (χ4n) is 3.32. The van der Waals surface area contributed by atoms with Crippen LogP contribution in [-0.2, 0) is 5.60 Å². The van der Waals surface area contributed by atoms with E-state index in [2.05, 4.69) is 17.4 Å². The van der Waals surface area contributed by atoms with E-state index in [1.807, 2.05) is 18.2 Å². The van der Waals surface area contributed by atoms with E-state index in [0.717, 1.165) is 18.4 Å². The Hall–Kier alpha value is -0.860. The number of aliphatic hydroxyl groups is 1. The van der Waals surface area contributed by atoms with Crippen LogP contribution in [0.5, 0.6) is 0 Å². The zero-order chi connectivity index (χ0) is 11.0. The molecule has 2 heteroatoms. The van der Waals surface area contributed by atoms with Gasteiger partial charge in [0, 0.05) is 12.1 Å². The van der Waals surface area contributed by atoms with E-state index < -0.39 is 5.60 Å². The first-order valence-corrected chi connectivity index (χ1v) is 6.30. The molecule has 86 valence electrons. The van der Waals surface area contributed by atoms with Crippen LogP contribution < -0.4 is 5.32 Å². The van der Waals surface area contributed by atoms with E-state index in [1.165, 1.54) is 19.3 Å². The molecule has 2 nitrogen and oxygen atoms in total. The molecule has 3 rings (SSSR count). The molecule has 0 amide bonds. The van der Waals surface area contributed by atoms with Gasteiger partial charge in [-0.3, -0.25) is 0 Å². The zero-order valence-electron chi connectivity index (χ0n) is 9.52. The largest absolute Gasteiger partial charge is 0.385 e. The van der Waals surface area contributed by atoms with Crippen LogP contribution in [0.15, 0.2) is 30.3 Å². The lowest BCUT2D eigenvalue weighted by molar-refractivity contribution is -0.0358. The number of hydrogen-bond donors (Lipinski definition) is 2. The smallest absolute Gasteiger partial charge is 0.0926 e. The van der Waals surface area contributed by atoms with Crippen molar-refractivity contribution in [2.75, 3.05) is 0 Å². The topological polar surface area (TPSA) is 32.3 Å². The van der Waals surface area contributed by atoms with Crippen LogP contribution >= 0.6 is 0 Å². The Morgan fingerprint density at radius 1 is 1.06 bits per heavy atom. The third kappa shape index (κ3) is 1.76. The van der Waals surface area contributed by atoms with Crippen LogP contribution in [0.1, 0.15) is 37.7 Å². The van der Waals surface area contributed by atoms with Gasteiger partial charge in [0.15, 0.2) is 0 Å². The van der Waals surface area contributed by atoms with Gasteiger partial charge in [-0.05, 0) is 31.2 Å². The van der Waals surface area contributed by atoms with E-state index in [1.54, 1.807) is 0 Å². The number of fused-ring (bicyclic) bond motifs is 2. The third-order valence-electron chi connectivity index (χ3n) is 4.06. The highest BCUT2D eigenvalue weighted by molar-refractivity contribution is 5.24. The summed E-state index contributed by atoms with van der Waals surface area (Å²) in [6.45, 7) is 0. The number of rotatable bonds is 1. The summed E-state index contributed by atoms with van der Waals surface area (Å²) in [5, 5.41) is 14.4. The minimum atomic E-state index is -0.595. The van der Waals surface area contributed by atoms with Crippen molar-refractivity contribution in [3.05, 3.63) is 35.9 Å². The van der Waals surface area contributed by atoms with Gasteiger partial charge in [0.2, 0.25) is 0 Å². The van der Waals surface area contributed by atoms with Gasteiger partial charge < -0.3 is 10.4 Å². The molecule has 2 atom stereocenters. The SMILES string of the molecule is OC1(c2ccccc2)C[C@H]2CCC[C@H](C1)N2. The molecule has 0 unspecified atom stereocenters. The van der Waals surface area contributed by atoms with E-state index in [4.69, 9.17) is 0 Å². The Morgan fingerprint density at radius 3 is 2.31 bits per heavy atom. The van der Waals surface area contributed by atoms with Crippen LogP contribution in [0, 0.1) is 0 Å². The Labute approximate surface area is 96.7 Å². The van der Waals surface area contributed by atoms with Crippen molar-refractivity contribution in [3.8, 4) is 0 Å². The van der Waals surface area contributed by atoms with Crippen molar-refractivity contribution in [1.82, 2.24) is 5.32 Å². The Bertz CT molecular complexity index is 350. The second kappa shape index (κ2) is 3.86. The average Bonchev–Trinajstić information content (AvgIpc) is 2.29. The van der Waals surface area contributed by atoms with Gasteiger partial charge in [-0.2, -0.15) is 0 Å². The first-order valence-electron chi connectivity index (χ1n) is 6.30. The lowest BCUT2D eigenvalue weighted by atomic mass is 9.74. The van der Waals surface area contributed by atoms with Crippen LogP contribution in [0.4, 0.5) is 0 Å². The summed E-state index contributed by atoms with van der Waals surface area (Å²) < 4.78 is 0. The zero-order valence-corrected chi connectivity index (χ0v) is 9.52. The second-order valence-electron chi connectivity index (χ2n) is 5.30. The van der Waals surface area contributed by atoms with Crippen molar-refractivity contribution >= 4 is 0 Å². The summed E-state index contributed by atoms with van der Waals surface area (Å²) in [7, 11) is 0. The van der Waals surface area contributed by atoms with E-state index in [9.17, 15) is 5.11 Å². The standard InChI is InChI=1S/C14H19NO/c16-14(11-5-2-1-3-6-11)9-12-7-4-8-13(10-14)15-12/h1-3,5-6,12-13,15-16H,4,7-10H2/t12-,13-/m1/s1.